The van der Waals surface area contributed by atoms with Gasteiger partial charge >= 0.3 is 0 Å². The molecule has 0 unspecified atom stereocenters. The molecule has 1 N–H and O–H groups in total. The van der Waals surface area contributed by atoms with Gasteiger partial charge in [-0.2, -0.15) is 0 Å². The Hall–Kier alpha value is -2.95. The predicted octanol–water partition coefficient (Wildman–Crippen LogP) is 4.36. The Kier molecular flexibility index (Phi) is 5.12. The van der Waals surface area contributed by atoms with Crippen molar-refractivity contribution in [2.24, 2.45) is 0 Å². The first-order valence-corrected chi connectivity index (χ1v) is 11.0. The number of aliphatic hydroxyl groups is 1. The summed E-state index contributed by atoms with van der Waals surface area (Å²) in [4.78, 5) is 15.4. The number of hydrogen-bond donors (Lipinski definition) is 1. The predicted molar refractivity (Wildman–Crippen MR) is 119 cm³/mol. The number of fused-ring (bicyclic) bond motifs is 1. The van der Waals surface area contributed by atoms with E-state index in [1.165, 1.54) is 0 Å². The zero-order chi connectivity index (χ0) is 21.4. The van der Waals surface area contributed by atoms with Gasteiger partial charge in [0.15, 0.2) is 6.10 Å². The van der Waals surface area contributed by atoms with Gasteiger partial charge in [-0.1, -0.05) is 90.5 Å². The summed E-state index contributed by atoms with van der Waals surface area (Å²) < 4.78 is 6.78. The van der Waals surface area contributed by atoms with Crippen molar-refractivity contribution < 1.29 is 14.6 Å². The third-order valence-corrected chi connectivity index (χ3v) is 6.67. The zero-order valence-electron chi connectivity index (χ0n) is 17.6. The van der Waals surface area contributed by atoms with Crippen molar-refractivity contribution in [3.63, 3.8) is 0 Å². The molecule has 0 aromatic heterocycles. The molecule has 0 spiro atoms. The van der Waals surface area contributed by atoms with Crippen LogP contribution in [0.15, 0.2) is 84.9 Å². The number of aliphatic hydroxyl groups excluding tert-OH is 1. The lowest BCUT2D eigenvalue weighted by atomic mass is 9.77. The number of hydrogen-bond acceptors (Lipinski definition) is 3. The maximum atomic E-state index is 13.5. The van der Waals surface area contributed by atoms with E-state index < -0.39 is 17.8 Å². The molecule has 0 aliphatic carbocycles. The minimum atomic E-state index is -1.04. The molecular weight excluding hydrogens is 386 g/mol. The van der Waals surface area contributed by atoms with Crippen LogP contribution >= 0.6 is 0 Å². The van der Waals surface area contributed by atoms with E-state index >= 15 is 0 Å². The topological polar surface area (TPSA) is 49.8 Å². The summed E-state index contributed by atoms with van der Waals surface area (Å²) in [5, 5.41) is 11.3. The number of amides is 1. The van der Waals surface area contributed by atoms with Gasteiger partial charge in [-0.3, -0.25) is 4.79 Å². The van der Waals surface area contributed by atoms with Gasteiger partial charge in [-0.05, 0) is 36.5 Å². The van der Waals surface area contributed by atoms with Crippen molar-refractivity contribution in [3.05, 3.63) is 107 Å². The lowest BCUT2D eigenvalue weighted by Crippen LogP contribution is -2.62. The summed E-state index contributed by atoms with van der Waals surface area (Å²) in [6.45, 7) is 2.69. The fourth-order valence-electron chi connectivity index (χ4n) is 5.14. The van der Waals surface area contributed by atoms with Crippen molar-refractivity contribution in [3.8, 4) is 0 Å². The molecule has 2 heterocycles. The maximum absolute atomic E-state index is 13.5. The van der Waals surface area contributed by atoms with Crippen molar-refractivity contribution in [1.82, 2.24) is 4.90 Å². The maximum Gasteiger partial charge on any atom is 0.255 e. The van der Waals surface area contributed by atoms with Gasteiger partial charge in [0.25, 0.3) is 5.91 Å². The molecule has 3 atom stereocenters. The van der Waals surface area contributed by atoms with Crippen molar-refractivity contribution in [2.45, 2.75) is 43.6 Å². The molecule has 158 valence electrons. The molecule has 0 bridgehead atoms. The van der Waals surface area contributed by atoms with Crippen LogP contribution in [-0.2, 0) is 15.1 Å². The highest BCUT2D eigenvalue weighted by molar-refractivity contribution is 5.84. The standard InChI is InChI=1S/C27H27NO3/c1-19-14-16-20(17-15-19)24(29)25-26(30)28-18-8-13-23(28)27(31-25,21-9-4-2-5-10-21)22-11-6-3-7-12-22/h2-7,9-12,14-17,23-25,29H,8,13,18H2,1H3/t23-,24-,25-/m0/s1. The van der Waals surface area contributed by atoms with Crippen LogP contribution in [0.4, 0.5) is 0 Å². The quantitative estimate of drug-likeness (QED) is 0.691. The molecule has 4 nitrogen and oxygen atoms in total. The largest absolute Gasteiger partial charge is 0.385 e. The fraction of sp³-hybridized carbons (Fsp3) is 0.296. The molecule has 0 saturated carbocycles. The van der Waals surface area contributed by atoms with Crippen molar-refractivity contribution in [2.75, 3.05) is 6.54 Å². The molecule has 0 radical (unpaired) electrons. The van der Waals surface area contributed by atoms with E-state index in [1.54, 1.807) is 0 Å². The third-order valence-electron chi connectivity index (χ3n) is 6.67. The molecule has 31 heavy (non-hydrogen) atoms. The second-order valence-electron chi connectivity index (χ2n) is 8.55. The first-order valence-electron chi connectivity index (χ1n) is 11.0. The Balaban J connectivity index is 1.66. The summed E-state index contributed by atoms with van der Waals surface area (Å²) in [5.41, 5.74) is 2.98. The molecular formula is C27H27NO3. The molecule has 2 saturated heterocycles. The number of nitrogens with zero attached hydrogens (tertiary/aromatic N) is 1. The van der Waals surface area contributed by atoms with E-state index in [-0.39, 0.29) is 11.9 Å². The van der Waals surface area contributed by atoms with Crippen LogP contribution in [0.3, 0.4) is 0 Å². The molecule has 2 aliphatic heterocycles. The second-order valence-corrected chi connectivity index (χ2v) is 8.55. The number of rotatable bonds is 4. The third kappa shape index (κ3) is 3.27. The minimum absolute atomic E-state index is 0.105. The zero-order valence-corrected chi connectivity index (χ0v) is 17.6. The highest BCUT2D eigenvalue weighted by atomic mass is 16.5. The minimum Gasteiger partial charge on any atom is -0.385 e. The van der Waals surface area contributed by atoms with Crippen LogP contribution in [0.1, 0.15) is 41.2 Å². The van der Waals surface area contributed by atoms with Gasteiger partial charge in [0.05, 0.1) is 6.04 Å². The normalized spacial score (nSPS) is 23.4. The van der Waals surface area contributed by atoms with Crippen molar-refractivity contribution >= 4 is 5.91 Å². The summed E-state index contributed by atoms with van der Waals surface area (Å²) in [6, 6.07) is 27.8. The number of carbonyl (C=O) groups is 1. The molecule has 5 rings (SSSR count). The van der Waals surface area contributed by atoms with Crippen LogP contribution < -0.4 is 0 Å². The van der Waals surface area contributed by atoms with Crippen LogP contribution in [0, 0.1) is 6.92 Å². The lowest BCUT2D eigenvalue weighted by Gasteiger charge is -2.51. The molecule has 3 aromatic rings. The average Bonchev–Trinajstić information content (AvgIpc) is 3.32. The molecule has 2 aliphatic rings. The van der Waals surface area contributed by atoms with Gasteiger partial charge < -0.3 is 14.7 Å². The number of aryl methyl sites for hydroxylation is 1. The average molecular weight is 414 g/mol. The van der Waals surface area contributed by atoms with Gasteiger partial charge in [0.1, 0.15) is 11.7 Å². The Morgan fingerprint density at radius 3 is 2.10 bits per heavy atom. The lowest BCUT2D eigenvalue weighted by molar-refractivity contribution is -0.204. The molecule has 3 aromatic carbocycles. The summed E-state index contributed by atoms with van der Waals surface area (Å²) in [5.74, 6) is -0.127. The molecule has 2 fully saturated rings. The Morgan fingerprint density at radius 1 is 0.935 bits per heavy atom. The van der Waals surface area contributed by atoms with E-state index in [1.807, 2.05) is 72.5 Å². The first kappa shape index (κ1) is 20.0. The number of benzene rings is 3. The smallest absolute Gasteiger partial charge is 0.255 e. The molecule has 1 amide bonds. The van der Waals surface area contributed by atoms with Crippen molar-refractivity contribution in [1.29, 1.82) is 0 Å². The highest BCUT2D eigenvalue weighted by Crippen LogP contribution is 2.48. The number of carbonyl (C=O) groups excluding carboxylic acids is 1. The van der Waals surface area contributed by atoms with Crippen LogP contribution in [0.2, 0.25) is 0 Å². The van der Waals surface area contributed by atoms with E-state index in [4.69, 9.17) is 4.74 Å². The fourth-order valence-corrected chi connectivity index (χ4v) is 5.14. The second kappa shape index (κ2) is 7.95. The SMILES string of the molecule is Cc1ccc([C@H](O)[C@@H]2OC(c3ccccc3)(c3ccccc3)[C@@H]3CCCN3C2=O)cc1. The van der Waals surface area contributed by atoms with Gasteiger partial charge in [0.2, 0.25) is 0 Å². The van der Waals surface area contributed by atoms with Gasteiger partial charge in [0, 0.05) is 6.54 Å². The number of morpholine rings is 1. The highest BCUT2D eigenvalue weighted by Gasteiger charge is 2.57. The Morgan fingerprint density at radius 2 is 1.52 bits per heavy atom. The van der Waals surface area contributed by atoms with E-state index in [0.717, 1.165) is 29.5 Å². The van der Waals surface area contributed by atoms with Gasteiger partial charge in [-0.25, -0.2) is 0 Å². The van der Waals surface area contributed by atoms with Crippen LogP contribution in [0.25, 0.3) is 0 Å². The summed E-state index contributed by atoms with van der Waals surface area (Å²) in [6.07, 6.45) is -0.226. The van der Waals surface area contributed by atoms with Crippen LogP contribution in [0.5, 0.6) is 0 Å². The van der Waals surface area contributed by atoms with Gasteiger partial charge in [-0.15, -0.1) is 0 Å². The van der Waals surface area contributed by atoms with E-state index in [0.29, 0.717) is 12.1 Å². The number of ether oxygens (including phenoxy) is 1. The Bertz CT molecular complexity index is 1010. The van der Waals surface area contributed by atoms with Crippen LogP contribution in [-0.4, -0.2) is 34.6 Å². The Labute approximate surface area is 183 Å². The monoisotopic (exact) mass is 413 g/mol. The summed E-state index contributed by atoms with van der Waals surface area (Å²) in [7, 11) is 0. The first-order chi connectivity index (χ1) is 15.1. The van der Waals surface area contributed by atoms with E-state index in [2.05, 4.69) is 24.3 Å². The van der Waals surface area contributed by atoms with E-state index in [9.17, 15) is 9.90 Å². The summed E-state index contributed by atoms with van der Waals surface area (Å²) >= 11 is 0. The molecule has 4 heteroatoms.